The summed E-state index contributed by atoms with van der Waals surface area (Å²) in [5, 5.41) is 2.19. The summed E-state index contributed by atoms with van der Waals surface area (Å²) in [6, 6.07) is 0. The number of nitrogens with one attached hydrogen (secondary N) is 1. The Balaban J connectivity index is 3.31. The normalized spacial score (nSPS) is 11.2. The number of amides is 1. The number of carbonyl (C=O) groups is 1. The van der Waals surface area contributed by atoms with Gasteiger partial charge in [0, 0.05) is 19.8 Å². The van der Waals surface area contributed by atoms with Crippen LogP contribution in [-0.4, -0.2) is 38.6 Å². The Hall–Kier alpha value is -0.980. The quantitative estimate of drug-likeness (QED) is 0.696. The first-order valence-corrected chi connectivity index (χ1v) is 5.01. The van der Waals surface area contributed by atoms with Crippen LogP contribution in [0.25, 0.3) is 0 Å². The van der Waals surface area contributed by atoms with E-state index in [4.69, 9.17) is 4.74 Å². The summed E-state index contributed by atoms with van der Waals surface area (Å²) < 4.78 is 43.9. The van der Waals surface area contributed by atoms with Gasteiger partial charge in [0.1, 0.15) is 0 Å². The largest absolute Gasteiger partial charge is 0.440 e. The summed E-state index contributed by atoms with van der Waals surface area (Å²) in [5.74, 6) is 0. The minimum Gasteiger partial charge on any atom is -0.440 e. The number of alkyl carbamates (subject to hydrolysis) is 1. The van der Waals surface area contributed by atoms with Gasteiger partial charge in [0.25, 0.3) is 0 Å². The van der Waals surface area contributed by atoms with Crippen molar-refractivity contribution in [3.8, 4) is 0 Å². The zero-order valence-electron chi connectivity index (χ0n) is 9.10. The molecule has 0 aromatic carbocycles. The van der Waals surface area contributed by atoms with Crippen LogP contribution in [0.5, 0.6) is 0 Å². The maximum Gasteiger partial charge on any atom is 0.422 e. The minimum absolute atomic E-state index is 0.237. The maximum absolute atomic E-state index is 11.6. The lowest BCUT2D eigenvalue weighted by molar-refractivity contribution is -0.160. The number of alkyl halides is 3. The summed E-state index contributed by atoms with van der Waals surface area (Å²) >= 11 is 0. The van der Waals surface area contributed by atoms with E-state index in [1.807, 2.05) is 6.92 Å². The zero-order valence-corrected chi connectivity index (χ0v) is 9.10. The van der Waals surface area contributed by atoms with Crippen LogP contribution < -0.4 is 5.32 Å². The molecule has 0 radical (unpaired) electrons. The molecule has 0 aliphatic carbocycles. The van der Waals surface area contributed by atoms with Gasteiger partial charge in [-0.25, -0.2) is 4.79 Å². The van der Waals surface area contributed by atoms with Crippen molar-refractivity contribution in [2.45, 2.75) is 25.9 Å². The highest BCUT2D eigenvalue weighted by Crippen LogP contribution is 2.14. The molecule has 1 N–H and O–H groups in total. The van der Waals surface area contributed by atoms with E-state index >= 15 is 0 Å². The Bertz CT molecular complexity index is 197. The molecule has 0 unspecified atom stereocenters. The molecule has 0 fully saturated rings. The monoisotopic (exact) mass is 243 g/mol. The number of ether oxygens (including phenoxy) is 2. The van der Waals surface area contributed by atoms with Gasteiger partial charge < -0.3 is 14.8 Å². The maximum atomic E-state index is 11.6. The second-order valence-corrected chi connectivity index (χ2v) is 3.08. The molecular formula is C9H16F3NO3. The Morgan fingerprint density at radius 1 is 1.31 bits per heavy atom. The van der Waals surface area contributed by atoms with Gasteiger partial charge >= 0.3 is 12.3 Å². The van der Waals surface area contributed by atoms with Crippen molar-refractivity contribution in [2.24, 2.45) is 0 Å². The third-order valence-corrected chi connectivity index (χ3v) is 1.45. The van der Waals surface area contributed by atoms with Gasteiger partial charge in [-0.05, 0) is 12.8 Å². The molecule has 0 rings (SSSR count). The molecule has 7 heteroatoms. The van der Waals surface area contributed by atoms with Gasteiger partial charge in [-0.1, -0.05) is 6.92 Å². The van der Waals surface area contributed by atoms with Crippen LogP contribution in [-0.2, 0) is 9.47 Å². The van der Waals surface area contributed by atoms with Gasteiger partial charge in [-0.2, -0.15) is 13.2 Å². The molecule has 1 amide bonds. The number of hydrogen-bond acceptors (Lipinski definition) is 3. The van der Waals surface area contributed by atoms with E-state index in [0.29, 0.717) is 19.6 Å². The predicted octanol–water partition coefficient (Wildman–Crippen LogP) is 2.09. The topological polar surface area (TPSA) is 47.6 Å². The highest BCUT2D eigenvalue weighted by molar-refractivity contribution is 5.67. The lowest BCUT2D eigenvalue weighted by Gasteiger charge is -2.09. The first kappa shape index (κ1) is 15.0. The second-order valence-electron chi connectivity index (χ2n) is 3.08. The smallest absolute Gasteiger partial charge is 0.422 e. The minimum atomic E-state index is -4.48. The summed E-state index contributed by atoms with van der Waals surface area (Å²) in [6.45, 7) is 1.74. The standard InChI is InChI=1S/C9H16F3NO3/c1-2-5-15-6-3-4-13-8(14)16-7-9(10,11)12/h2-7H2,1H3,(H,13,14). The van der Waals surface area contributed by atoms with E-state index in [1.54, 1.807) is 0 Å². The first-order valence-electron chi connectivity index (χ1n) is 5.01. The van der Waals surface area contributed by atoms with Gasteiger partial charge in [0.2, 0.25) is 0 Å². The number of halogens is 3. The number of carbonyl (C=O) groups excluding carboxylic acids is 1. The van der Waals surface area contributed by atoms with E-state index in [1.165, 1.54) is 0 Å². The van der Waals surface area contributed by atoms with Crippen LogP contribution in [0, 0.1) is 0 Å². The van der Waals surface area contributed by atoms with Crippen LogP contribution in [0.4, 0.5) is 18.0 Å². The van der Waals surface area contributed by atoms with Gasteiger partial charge in [0.15, 0.2) is 6.61 Å². The lowest BCUT2D eigenvalue weighted by atomic mass is 10.4. The third-order valence-electron chi connectivity index (χ3n) is 1.45. The molecule has 4 nitrogen and oxygen atoms in total. The molecule has 0 aliphatic heterocycles. The van der Waals surface area contributed by atoms with E-state index in [-0.39, 0.29) is 6.54 Å². The van der Waals surface area contributed by atoms with Crippen molar-refractivity contribution >= 4 is 6.09 Å². The molecule has 0 atom stereocenters. The molecule has 0 saturated heterocycles. The zero-order chi connectivity index (χ0) is 12.4. The van der Waals surface area contributed by atoms with E-state index in [2.05, 4.69) is 10.1 Å². The van der Waals surface area contributed by atoms with E-state index in [9.17, 15) is 18.0 Å². The molecule has 0 bridgehead atoms. The Labute approximate surface area is 92.1 Å². The molecule has 0 heterocycles. The Morgan fingerprint density at radius 2 is 2.00 bits per heavy atom. The van der Waals surface area contributed by atoms with Crippen LogP contribution in [0.1, 0.15) is 19.8 Å². The molecule has 0 saturated carbocycles. The molecule has 96 valence electrons. The molecule has 0 aromatic heterocycles. The van der Waals surface area contributed by atoms with Crippen molar-refractivity contribution in [1.29, 1.82) is 0 Å². The summed E-state index contributed by atoms with van der Waals surface area (Å²) in [5.41, 5.74) is 0. The van der Waals surface area contributed by atoms with Crippen molar-refractivity contribution in [2.75, 3.05) is 26.4 Å². The van der Waals surface area contributed by atoms with Gasteiger partial charge in [-0.3, -0.25) is 0 Å². The van der Waals surface area contributed by atoms with Crippen LogP contribution in [0.15, 0.2) is 0 Å². The fraction of sp³-hybridized carbons (Fsp3) is 0.889. The molecule has 0 aromatic rings. The molecular weight excluding hydrogens is 227 g/mol. The highest BCUT2D eigenvalue weighted by atomic mass is 19.4. The first-order chi connectivity index (χ1) is 7.45. The van der Waals surface area contributed by atoms with E-state index < -0.39 is 18.9 Å². The second kappa shape index (κ2) is 8.20. The van der Waals surface area contributed by atoms with Crippen LogP contribution >= 0.6 is 0 Å². The Morgan fingerprint density at radius 3 is 2.56 bits per heavy atom. The number of rotatable bonds is 7. The lowest BCUT2D eigenvalue weighted by Crippen LogP contribution is -2.30. The van der Waals surface area contributed by atoms with Crippen molar-refractivity contribution in [3.05, 3.63) is 0 Å². The molecule has 0 aliphatic rings. The molecule has 0 spiro atoms. The average Bonchev–Trinajstić information content (AvgIpc) is 2.19. The van der Waals surface area contributed by atoms with Crippen LogP contribution in [0.2, 0.25) is 0 Å². The highest BCUT2D eigenvalue weighted by Gasteiger charge is 2.29. The average molecular weight is 243 g/mol. The van der Waals surface area contributed by atoms with Crippen molar-refractivity contribution in [1.82, 2.24) is 5.32 Å². The Kier molecular flexibility index (Phi) is 7.70. The molecule has 16 heavy (non-hydrogen) atoms. The summed E-state index contributed by atoms with van der Waals surface area (Å²) in [6.07, 6.45) is -4.10. The van der Waals surface area contributed by atoms with Gasteiger partial charge in [0.05, 0.1) is 0 Å². The van der Waals surface area contributed by atoms with E-state index in [0.717, 1.165) is 6.42 Å². The number of hydrogen-bond donors (Lipinski definition) is 1. The SMILES string of the molecule is CCCOCCCNC(=O)OCC(F)(F)F. The predicted molar refractivity (Wildman–Crippen MR) is 51.1 cm³/mol. The summed E-state index contributed by atoms with van der Waals surface area (Å²) in [7, 11) is 0. The summed E-state index contributed by atoms with van der Waals surface area (Å²) in [4.78, 5) is 10.7. The van der Waals surface area contributed by atoms with Gasteiger partial charge in [-0.15, -0.1) is 0 Å². The van der Waals surface area contributed by atoms with Crippen molar-refractivity contribution in [3.63, 3.8) is 0 Å². The fourth-order valence-electron chi connectivity index (χ4n) is 0.809. The van der Waals surface area contributed by atoms with Crippen molar-refractivity contribution < 1.29 is 27.4 Å². The van der Waals surface area contributed by atoms with Crippen LogP contribution in [0.3, 0.4) is 0 Å². The third kappa shape index (κ3) is 11.1. The fourth-order valence-corrected chi connectivity index (χ4v) is 0.809.